The number of anilines is 5. The number of aromatic nitrogens is 3. The van der Waals surface area contributed by atoms with Crippen LogP contribution in [0.5, 0.6) is 11.6 Å². The fraction of sp³-hybridized carbons (Fsp3) is 0.208. The number of urea groups is 1. The van der Waals surface area contributed by atoms with Gasteiger partial charge in [-0.15, -0.1) is 0 Å². The quantitative estimate of drug-likeness (QED) is 0.191. The molecule has 6 N–H and O–H groups in total. The molecule has 0 atom stereocenters. The monoisotopic (exact) mass is 533 g/mol. The highest BCUT2D eigenvalue weighted by atomic mass is 19.4. The van der Waals surface area contributed by atoms with E-state index in [1.165, 1.54) is 35.9 Å². The number of carbonyl (C=O) groups is 1. The zero-order valence-electron chi connectivity index (χ0n) is 20.2. The number of nitrogens with one attached hydrogen (secondary N) is 3. The van der Waals surface area contributed by atoms with E-state index in [4.69, 9.17) is 10.5 Å². The van der Waals surface area contributed by atoms with Crippen LogP contribution in [0.15, 0.2) is 42.6 Å². The second-order valence-corrected chi connectivity index (χ2v) is 8.09. The van der Waals surface area contributed by atoms with Gasteiger partial charge in [0.05, 0.1) is 30.4 Å². The number of alkyl halides is 4. The van der Waals surface area contributed by atoms with Gasteiger partial charge in [-0.05, 0) is 25.1 Å². The van der Waals surface area contributed by atoms with Crippen LogP contribution in [0.25, 0.3) is 10.8 Å². The molecule has 2 amide bonds. The number of rotatable bonds is 8. The van der Waals surface area contributed by atoms with E-state index in [2.05, 4.69) is 25.9 Å². The average molecular weight is 533 g/mol. The number of aryl methyl sites for hydroxylation is 1. The number of carbonyl (C=O) groups excluding carboxylic acids is 1. The number of nitrogens with zero attached hydrogens (tertiary/aromatic N) is 3. The van der Waals surface area contributed by atoms with E-state index < -0.39 is 30.3 Å². The van der Waals surface area contributed by atoms with Crippen molar-refractivity contribution in [3.63, 3.8) is 0 Å². The first-order valence-corrected chi connectivity index (χ1v) is 11.1. The summed E-state index contributed by atoms with van der Waals surface area (Å²) in [6.45, 7) is 0.823. The lowest BCUT2D eigenvalue weighted by Gasteiger charge is -2.16. The summed E-state index contributed by atoms with van der Waals surface area (Å²) in [5, 5.41) is 19.3. The molecule has 0 aliphatic carbocycles. The van der Waals surface area contributed by atoms with Crippen molar-refractivity contribution < 1.29 is 32.2 Å². The summed E-state index contributed by atoms with van der Waals surface area (Å²) in [5.41, 5.74) is 5.29. The SMILES string of the molecule is COc1cc(NC(N)=O)ccc1Nc1ncc(C(F)(F)F)c(Nc2cccc3c(C)n(CCF)c(O)c23)n1. The number of aromatic hydroxyl groups is 1. The Balaban J connectivity index is 1.75. The van der Waals surface area contributed by atoms with Gasteiger partial charge in [-0.2, -0.15) is 18.2 Å². The molecule has 2 aromatic heterocycles. The minimum Gasteiger partial charge on any atom is -0.494 e. The van der Waals surface area contributed by atoms with E-state index in [1.54, 1.807) is 19.1 Å². The third-order valence-corrected chi connectivity index (χ3v) is 5.71. The fourth-order valence-electron chi connectivity index (χ4n) is 4.00. The number of hydrogen-bond donors (Lipinski definition) is 5. The summed E-state index contributed by atoms with van der Waals surface area (Å²) in [4.78, 5) is 18.9. The first kappa shape index (κ1) is 26.3. The smallest absolute Gasteiger partial charge is 0.421 e. The number of primary amides is 1. The molecule has 0 fully saturated rings. The zero-order chi connectivity index (χ0) is 27.6. The minimum atomic E-state index is -4.80. The number of amides is 2. The summed E-state index contributed by atoms with van der Waals surface area (Å²) in [7, 11) is 1.36. The Kier molecular flexibility index (Phi) is 7.15. The Labute approximate surface area is 213 Å². The number of halogens is 4. The molecular formula is C24H23F4N7O3. The summed E-state index contributed by atoms with van der Waals surface area (Å²) >= 11 is 0. The van der Waals surface area contributed by atoms with Crippen LogP contribution in [-0.4, -0.2) is 39.5 Å². The molecule has 0 aliphatic heterocycles. The Bertz CT molecular complexity index is 1500. The predicted octanol–water partition coefficient (Wildman–Crippen LogP) is 5.42. The van der Waals surface area contributed by atoms with Gasteiger partial charge in [0, 0.05) is 29.0 Å². The third-order valence-electron chi connectivity index (χ3n) is 5.71. The Hall–Kier alpha value is -4.75. The number of fused-ring (bicyclic) bond motifs is 1. The van der Waals surface area contributed by atoms with Gasteiger partial charge in [0.1, 0.15) is 23.8 Å². The maximum absolute atomic E-state index is 13.8. The number of hydrogen-bond acceptors (Lipinski definition) is 7. The molecule has 0 saturated heterocycles. The van der Waals surface area contributed by atoms with Crippen LogP contribution in [0.3, 0.4) is 0 Å². The van der Waals surface area contributed by atoms with Gasteiger partial charge in [-0.3, -0.25) is 0 Å². The summed E-state index contributed by atoms with van der Waals surface area (Å²) in [6, 6.07) is 8.39. The van der Waals surface area contributed by atoms with Crippen molar-refractivity contribution in [1.29, 1.82) is 0 Å². The maximum atomic E-state index is 13.8. The number of nitrogens with two attached hydrogens (primary N) is 1. The minimum absolute atomic E-state index is 0.114. The Morgan fingerprint density at radius 2 is 1.95 bits per heavy atom. The molecule has 200 valence electrons. The van der Waals surface area contributed by atoms with Crippen molar-refractivity contribution in [2.24, 2.45) is 5.73 Å². The molecule has 10 nitrogen and oxygen atoms in total. The van der Waals surface area contributed by atoms with Crippen molar-refractivity contribution in [1.82, 2.24) is 14.5 Å². The number of ether oxygens (including phenoxy) is 1. The molecule has 0 unspecified atom stereocenters. The molecule has 2 heterocycles. The second kappa shape index (κ2) is 10.3. The van der Waals surface area contributed by atoms with Crippen LogP contribution in [0, 0.1) is 6.92 Å². The van der Waals surface area contributed by atoms with Crippen LogP contribution >= 0.6 is 0 Å². The second-order valence-electron chi connectivity index (χ2n) is 8.09. The molecule has 4 aromatic rings. The van der Waals surface area contributed by atoms with Gasteiger partial charge >= 0.3 is 12.2 Å². The van der Waals surface area contributed by atoms with Crippen LogP contribution in [-0.2, 0) is 12.7 Å². The lowest BCUT2D eigenvalue weighted by Crippen LogP contribution is -2.19. The summed E-state index contributed by atoms with van der Waals surface area (Å²) in [6.07, 6.45) is -4.18. The van der Waals surface area contributed by atoms with E-state index in [1.807, 2.05) is 0 Å². The summed E-state index contributed by atoms with van der Waals surface area (Å²) in [5.74, 6) is -0.831. The first-order chi connectivity index (χ1) is 18.0. The largest absolute Gasteiger partial charge is 0.494 e. The van der Waals surface area contributed by atoms with E-state index in [9.17, 15) is 27.5 Å². The van der Waals surface area contributed by atoms with Crippen LogP contribution in [0.1, 0.15) is 11.3 Å². The molecule has 14 heteroatoms. The highest BCUT2D eigenvalue weighted by Gasteiger charge is 2.35. The zero-order valence-corrected chi connectivity index (χ0v) is 20.2. The van der Waals surface area contributed by atoms with E-state index >= 15 is 0 Å². The van der Waals surface area contributed by atoms with Crippen LogP contribution in [0.4, 0.5) is 51.2 Å². The van der Waals surface area contributed by atoms with Crippen molar-refractivity contribution in [2.45, 2.75) is 19.6 Å². The van der Waals surface area contributed by atoms with Gasteiger partial charge in [0.25, 0.3) is 0 Å². The van der Waals surface area contributed by atoms with Gasteiger partial charge in [0.2, 0.25) is 11.8 Å². The molecule has 0 saturated carbocycles. The fourth-order valence-corrected chi connectivity index (χ4v) is 4.00. The average Bonchev–Trinajstić information content (AvgIpc) is 3.10. The molecule has 2 aromatic carbocycles. The summed E-state index contributed by atoms with van der Waals surface area (Å²) < 4.78 is 61.2. The highest BCUT2D eigenvalue weighted by Crippen LogP contribution is 2.41. The maximum Gasteiger partial charge on any atom is 0.421 e. The molecule has 0 spiro atoms. The molecule has 38 heavy (non-hydrogen) atoms. The molecule has 0 bridgehead atoms. The third kappa shape index (κ3) is 5.19. The molecule has 0 radical (unpaired) electrons. The normalized spacial score (nSPS) is 11.4. The number of methoxy groups -OCH3 is 1. The van der Waals surface area contributed by atoms with Gasteiger partial charge in [-0.25, -0.2) is 14.2 Å². The Morgan fingerprint density at radius 3 is 2.61 bits per heavy atom. The first-order valence-electron chi connectivity index (χ1n) is 11.1. The van der Waals surface area contributed by atoms with Crippen LogP contribution in [0.2, 0.25) is 0 Å². The van der Waals surface area contributed by atoms with Crippen molar-refractivity contribution >= 4 is 45.6 Å². The van der Waals surface area contributed by atoms with Crippen molar-refractivity contribution in [2.75, 3.05) is 29.7 Å². The molecule has 4 rings (SSSR count). The van der Waals surface area contributed by atoms with Gasteiger partial charge in [-0.1, -0.05) is 12.1 Å². The van der Waals surface area contributed by atoms with Crippen LogP contribution < -0.4 is 26.4 Å². The number of benzene rings is 2. The lowest BCUT2D eigenvalue weighted by atomic mass is 10.1. The predicted molar refractivity (Wildman–Crippen MR) is 134 cm³/mol. The van der Waals surface area contributed by atoms with Crippen molar-refractivity contribution in [3.05, 3.63) is 53.9 Å². The topological polar surface area (TPSA) is 139 Å². The molecule has 0 aliphatic rings. The van der Waals surface area contributed by atoms with E-state index in [0.717, 1.165) is 0 Å². The van der Waals surface area contributed by atoms with Gasteiger partial charge in [0.15, 0.2) is 0 Å². The van der Waals surface area contributed by atoms with E-state index in [-0.39, 0.29) is 35.2 Å². The lowest BCUT2D eigenvalue weighted by molar-refractivity contribution is -0.137. The Morgan fingerprint density at radius 1 is 1.18 bits per heavy atom. The van der Waals surface area contributed by atoms with Gasteiger partial charge < -0.3 is 36.1 Å². The molecular weight excluding hydrogens is 510 g/mol. The highest BCUT2D eigenvalue weighted by molar-refractivity contribution is 6.01. The standard InChI is InChI=1S/C24H23F4N7O3/c1-12-14-4-3-5-17(19(14)21(36)35(12)9-8-25)32-20-15(24(26,27)28)11-30-23(34-20)33-16-7-6-13(31-22(29)37)10-18(16)38-2/h3-7,10-11,36H,8-9H2,1-2H3,(H3,29,31,37)(H2,30,32,33,34). The van der Waals surface area contributed by atoms with E-state index in [0.29, 0.717) is 28.7 Å². The van der Waals surface area contributed by atoms with Crippen molar-refractivity contribution in [3.8, 4) is 11.6 Å².